The molecule has 0 saturated carbocycles. The summed E-state index contributed by atoms with van der Waals surface area (Å²) >= 11 is 0. The molecular weight excluding hydrogens is 222 g/mol. The number of hydrogen-bond acceptors (Lipinski definition) is 6. The smallest absolute Gasteiger partial charge is 0.315 e. The number of rotatable bonds is 7. The first kappa shape index (κ1) is 13.4. The fourth-order valence-electron chi connectivity index (χ4n) is 1.09. The Morgan fingerprint density at radius 2 is 2.24 bits per heavy atom. The van der Waals surface area contributed by atoms with Crippen LogP contribution in [0.1, 0.15) is 32.2 Å². The van der Waals surface area contributed by atoms with Gasteiger partial charge in [-0.25, -0.2) is 0 Å². The highest BCUT2D eigenvalue weighted by Crippen LogP contribution is 2.12. The van der Waals surface area contributed by atoms with Gasteiger partial charge in [0.25, 0.3) is 0 Å². The van der Waals surface area contributed by atoms with Crippen LogP contribution in [-0.4, -0.2) is 36.2 Å². The molecule has 1 rings (SSSR count). The van der Waals surface area contributed by atoms with Gasteiger partial charge in [-0.3, -0.25) is 4.79 Å². The summed E-state index contributed by atoms with van der Waals surface area (Å²) in [7, 11) is 1.81. The zero-order valence-corrected chi connectivity index (χ0v) is 10.4. The Bertz CT molecular complexity index is 352. The molecule has 0 aliphatic rings. The Labute approximate surface area is 100 Å². The van der Waals surface area contributed by atoms with Crippen molar-refractivity contribution in [3.63, 3.8) is 0 Å². The lowest BCUT2D eigenvalue weighted by atomic mass is 10.3. The summed E-state index contributed by atoms with van der Waals surface area (Å²) in [4.78, 5) is 11.3. The Morgan fingerprint density at radius 1 is 1.47 bits per heavy atom. The molecule has 0 aliphatic carbocycles. The Kier molecular flexibility index (Phi) is 5.41. The molecule has 1 aromatic heterocycles. The zero-order valence-electron chi connectivity index (χ0n) is 10.4. The third kappa shape index (κ3) is 4.39. The summed E-state index contributed by atoms with van der Waals surface area (Å²) in [6, 6.07) is 0.251. The van der Waals surface area contributed by atoms with Crippen molar-refractivity contribution < 1.29 is 9.21 Å². The molecule has 17 heavy (non-hydrogen) atoms. The largest absolute Gasteiger partial charge is 0.406 e. The van der Waals surface area contributed by atoms with Crippen molar-refractivity contribution in [3.8, 4) is 0 Å². The van der Waals surface area contributed by atoms with Crippen LogP contribution in [0.25, 0.3) is 0 Å². The summed E-state index contributed by atoms with van der Waals surface area (Å²) in [6.07, 6.45) is 0.913. The first-order valence-electron chi connectivity index (χ1n) is 5.68. The van der Waals surface area contributed by atoms with E-state index in [4.69, 9.17) is 4.42 Å². The van der Waals surface area contributed by atoms with Gasteiger partial charge < -0.3 is 20.4 Å². The summed E-state index contributed by atoms with van der Waals surface area (Å²) in [6.45, 7) is 4.71. The van der Waals surface area contributed by atoms with Gasteiger partial charge in [-0.15, -0.1) is 5.10 Å². The number of carbonyl (C=O) groups is 1. The number of nitrogens with one attached hydrogen (secondary N) is 3. The molecule has 0 bridgehead atoms. The molecule has 1 heterocycles. The van der Waals surface area contributed by atoms with E-state index < -0.39 is 0 Å². The second-order valence-electron chi connectivity index (χ2n) is 3.66. The highest BCUT2D eigenvalue weighted by molar-refractivity contribution is 5.79. The second kappa shape index (κ2) is 6.85. The standard InChI is InChI=1S/C10H19N5O2/c1-4-5-12-8(16)6-13-10-15-14-9(17-10)7(2)11-3/h7,11H,4-6H2,1-3H3,(H,12,16)(H,13,15). The van der Waals surface area contributed by atoms with Crippen LogP contribution in [0.15, 0.2) is 4.42 Å². The summed E-state index contributed by atoms with van der Waals surface area (Å²) in [5.74, 6) is 0.400. The molecule has 0 aromatic carbocycles. The molecule has 1 aromatic rings. The SMILES string of the molecule is CCCNC(=O)CNc1nnc(C(C)NC)o1. The number of aromatic nitrogens is 2. The van der Waals surface area contributed by atoms with Crippen LogP contribution >= 0.6 is 0 Å². The number of carbonyl (C=O) groups excluding carboxylic acids is 1. The molecule has 7 heteroatoms. The van der Waals surface area contributed by atoms with Gasteiger partial charge in [-0.05, 0) is 20.4 Å². The topological polar surface area (TPSA) is 92.1 Å². The van der Waals surface area contributed by atoms with Gasteiger partial charge in [0.2, 0.25) is 11.8 Å². The average molecular weight is 241 g/mol. The molecule has 0 saturated heterocycles. The third-order valence-electron chi connectivity index (χ3n) is 2.22. The molecule has 1 unspecified atom stereocenters. The third-order valence-corrected chi connectivity index (χ3v) is 2.22. The maximum atomic E-state index is 11.3. The highest BCUT2D eigenvalue weighted by Gasteiger charge is 2.12. The summed E-state index contributed by atoms with van der Waals surface area (Å²) in [5, 5.41) is 16.1. The van der Waals surface area contributed by atoms with Crippen molar-refractivity contribution in [2.75, 3.05) is 25.5 Å². The van der Waals surface area contributed by atoms with E-state index in [2.05, 4.69) is 26.1 Å². The van der Waals surface area contributed by atoms with Crippen LogP contribution in [-0.2, 0) is 4.79 Å². The molecule has 0 radical (unpaired) electrons. The first-order valence-corrected chi connectivity index (χ1v) is 5.68. The van der Waals surface area contributed by atoms with Crippen LogP contribution in [0.4, 0.5) is 6.01 Å². The van der Waals surface area contributed by atoms with E-state index in [1.54, 1.807) is 7.05 Å². The predicted octanol–water partition coefficient (Wildman–Crippen LogP) is 0.288. The Hall–Kier alpha value is -1.63. The van der Waals surface area contributed by atoms with Gasteiger partial charge in [-0.1, -0.05) is 12.0 Å². The molecule has 1 amide bonds. The molecule has 3 N–H and O–H groups in total. The van der Waals surface area contributed by atoms with Crippen LogP contribution in [0.5, 0.6) is 0 Å². The van der Waals surface area contributed by atoms with Crippen molar-refractivity contribution in [1.29, 1.82) is 0 Å². The number of nitrogens with zero attached hydrogens (tertiary/aromatic N) is 2. The van der Waals surface area contributed by atoms with Crippen molar-refractivity contribution in [2.45, 2.75) is 26.3 Å². The maximum absolute atomic E-state index is 11.3. The number of amides is 1. The number of anilines is 1. The van der Waals surface area contributed by atoms with E-state index >= 15 is 0 Å². The minimum Gasteiger partial charge on any atom is -0.406 e. The highest BCUT2D eigenvalue weighted by atomic mass is 16.4. The monoisotopic (exact) mass is 241 g/mol. The van der Waals surface area contributed by atoms with Crippen molar-refractivity contribution in [3.05, 3.63) is 5.89 Å². The van der Waals surface area contributed by atoms with Crippen LogP contribution in [0, 0.1) is 0 Å². The van der Waals surface area contributed by atoms with Crippen LogP contribution in [0.2, 0.25) is 0 Å². The van der Waals surface area contributed by atoms with E-state index in [0.29, 0.717) is 12.4 Å². The van der Waals surface area contributed by atoms with Crippen molar-refractivity contribution >= 4 is 11.9 Å². The molecule has 0 fully saturated rings. The predicted molar refractivity (Wildman–Crippen MR) is 63.6 cm³/mol. The van der Waals surface area contributed by atoms with Crippen LogP contribution in [0.3, 0.4) is 0 Å². The van der Waals surface area contributed by atoms with Gasteiger partial charge in [-0.2, -0.15) is 0 Å². The minimum atomic E-state index is -0.0896. The van der Waals surface area contributed by atoms with Gasteiger partial charge in [0.1, 0.15) is 0 Å². The average Bonchev–Trinajstić information content (AvgIpc) is 2.81. The van der Waals surface area contributed by atoms with Crippen molar-refractivity contribution in [2.24, 2.45) is 0 Å². The zero-order chi connectivity index (χ0) is 12.7. The lowest BCUT2D eigenvalue weighted by molar-refractivity contribution is -0.119. The van der Waals surface area contributed by atoms with E-state index in [0.717, 1.165) is 6.42 Å². The van der Waals surface area contributed by atoms with Gasteiger partial charge in [0.15, 0.2) is 0 Å². The molecule has 0 spiro atoms. The van der Waals surface area contributed by atoms with Gasteiger partial charge >= 0.3 is 6.01 Å². The first-order chi connectivity index (χ1) is 8.17. The van der Waals surface area contributed by atoms with Crippen LogP contribution < -0.4 is 16.0 Å². The molecule has 1 atom stereocenters. The summed E-state index contributed by atoms with van der Waals surface area (Å²) in [5.41, 5.74) is 0. The van der Waals surface area contributed by atoms with Crippen molar-refractivity contribution in [1.82, 2.24) is 20.8 Å². The minimum absolute atomic E-state index is 0.00744. The number of hydrogen-bond donors (Lipinski definition) is 3. The quantitative estimate of drug-likeness (QED) is 0.635. The Balaban J connectivity index is 2.37. The molecule has 96 valence electrons. The van der Waals surface area contributed by atoms with E-state index in [1.165, 1.54) is 0 Å². The van der Waals surface area contributed by atoms with E-state index in [-0.39, 0.29) is 24.5 Å². The van der Waals surface area contributed by atoms with Gasteiger partial charge in [0, 0.05) is 6.54 Å². The lowest BCUT2D eigenvalue weighted by Gasteiger charge is -2.04. The van der Waals surface area contributed by atoms with E-state index in [9.17, 15) is 4.79 Å². The summed E-state index contributed by atoms with van der Waals surface area (Å²) < 4.78 is 5.32. The fraction of sp³-hybridized carbons (Fsp3) is 0.700. The molecule has 7 nitrogen and oxygen atoms in total. The Morgan fingerprint density at radius 3 is 2.88 bits per heavy atom. The van der Waals surface area contributed by atoms with Gasteiger partial charge in [0.05, 0.1) is 12.6 Å². The normalized spacial score (nSPS) is 12.2. The second-order valence-corrected chi connectivity index (χ2v) is 3.66. The maximum Gasteiger partial charge on any atom is 0.315 e. The lowest BCUT2D eigenvalue weighted by Crippen LogP contribution is -2.30. The molecular formula is C10H19N5O2. The van der Waals surface area contributed by atoms with E-state index in [1.807, 2.05) is 13.8 Å². The molecule has 0 aliphatic heterocycles. The fourth-order valence-corrected chi connectivity index (χ4v) is 1.09.